The molecule has 6 heteroatoms. The van der Waals surface area contributed by atoms with Crippen LogP contribution in [0.5, 0.6) is 11.5 Å². The first-order valence-electron chi connectivity index (χ1n) is 9.71. The standard InChI is InChI=1S/C22H22N4O2/c1-15-13-21(25-22(24-15)17-5-2-3-9-23-17)26-10-4-6-18(26)16-7-8-19-20(14-16)28-12-11-27-19/h2-3,5,7-9,13-14,18H,4,6,10-12H2,1H3. The van der Waals surface area contributed by atoms with Crippen LogP contribution < -0.4 is 14.4 Å². The predicted octanol–water partition coefficient (Wildman–Crippen LogP) is 3.96. The van der Waals surface area contributed by atoms with E-state index in [0.29, 0.717) is 19.0 Å². The lowest BCUT2D eigenvalue weighted by atomic mass is 10.0. The second kappa shape index (κ2) is 7.11. The average molecular weight is 374 g/mol. The van der Waals surface area contributed by atoms with Crippen LogP contribution in [0.15, 0.2) is 48.7 Å². The van der Waals surface area contributed by atoms with Crippen LogP contribution in [0.1, 0.15) is 30.1 Å². The van der Waals surface area contributed by atoms with Crippen molar-refractivity contribution in [3.05, 3.63) is 59.9 Å². The normalized spacial score (nSPS) is 18.3. The smallest absolute Gasteiger partial charge is 0.180 e. The van der Waals surface area contributed by atoms with Crippen molar-refractivity contribution in [2.75, 3.05) is 24.7 Å². The molecule has 4 heterocycles. The average Bonchev–Trinajstić information content (AvgIpc) is 3.24. The molecule has 2 aliphatic rings. The molecule has 2 aromatic heterocycles. The van der Waals surface area contributed by atoms with Crippen molar-refractivity contribution in [3.63, 3.8) is 0 Å². The summed E-state index contributed by atoms with van der Waals surface area (Å²) < 4.78 is 11.5. The number of ether oxygens (including phenoxy) is 2. The molecule has 0 saturated carbocycles. The highest BCUT2D eigenvalue weighted by molar-refractivity contribution is 5.55. The van der Waals surface area contributed by atoms with Crippen molar-refractivity contribution >= 4 is 5.82 Å². The maximum Gasteiger partial charge on any atom is 0.180 e. The first kappa shape index (κ1) is 17.0. The van der Waals surface area contributed by atoms with Crippen LogP contribution in [-0.4, -0.2) is 34.7 Å². The summed E-state index contributed by atoms with van der Waals surface area (Å²) in [6.45, 7) is 4.19. The van der Waals surface area contributed by atoms with E-state index in [1.807, 2.05) is 31.2 Å². The van der Waals surface area contributed by atoms with E-state index in [-0.39, 0.29) is 6.04 Å². The lowest BCUT2D eigenvalue weighted by Crippen LogP contribution is -2.24. The first-order valence-corrected chi connectivity index (χ1v) is 9.71. The van der Waals surface area contributed by atoms with E-state index in [1.54, 1.807) is 6.20 Å². The van der Waals surface area contributed by atoms with E-state index in [1.165, 1.54) is 5.56 Å². The topological polar surface area (TPSA) is 60.4 Å². The monoisotopic (exact) mass is 374 g/mol. The van der Waals surface area contributed by atoms with Gasteiger partial charge >= 0.3 is 0 Å². The van der Waals surface area contributed by atoms with E-state index in [2.05, 4.69) is 33.1 Å². The van der Waals surface area contributed by atoms with Gasteiger partial charge in [-0.3, -0.25) is 4.98 Å². The minimum atomic E-state index is 0.265. The third-order valence-corrected chi connectivity index (χ3v) is 5.23. The van der Waals surface area contributed by atoms with E-state index in [0.717, 1.165) is 48.1 Å². The zero-order chi connectivity index (χ0) is 18.9. The fraction of sp³-hybridized carbons (Fsp3) is 0.318. The Bertz CT molecular complexity index is 993. The third-order valence-electron chi connectivity index (χ3n) is 5.23. The number of benzene rings is 1. The maximum atomic E-state index is 5.78. The molecule has 0 amide bonds. The van der Waals surface area contributed by atoms with Crippen molar-refractivity contribution in [1.29, 1.82) is 0 Å². The summed E-state index contributed by atoms with van der Waals surface area (Å²) >= 11 is 0. The Hall–Kier alpha value is -3.15. The summed E-state index contributed by atoms with van der Waals surface area (Å²) in [4.78, 5) is 16.2. The van der Waals surface area contributed by atoms with Gasteiger partial charge in [-0.2, -0.15) is 0 Å². The van der Waals surface area contributed by atoms with Crippen LogP contribution >= 0.6 is 0 Å². The summed E-state index contributed by atoms with van der Waals surface area (Å²) in [5, 5.41) is 0. The number of aromatic nitrogens is 3. The molecule has 3 aromatic rings. The van der Waals surface area contributed by atoms with Gasteiger partial charge in [0.25, 0.3) is 0 Å². The zero-order valence-corrected chi connectivity index (χ0v) is 15.8. The van der Waals surface area contributed by atoms with Crippen LogP contribution in [0.25, 0.3) is 11.5 Å². The van der Waals surface area contributed by atoms with Crippen LogP contribution in [0.4, 0.5) is 5.82 Å². The Labute approximate surface area is 164 Å². The van der Waals surface area contributed by atoms with Gasteiger partial charge in [0.1, 0.15) is 24.7 Å². The van der Waals surface area contributed by atoms with Gasteiger partial charge in [0.05, 0.1) is 6.04 Å². The summed E-state index contributed by atoms with van der Waals surface area (Å²) in [6.07, 6.45) is 3.98. The summed E-state index contributed by atoms with van der Waals surface area (Å²) in [6, 6.07) is 14.4. The zero-order valence-electron chi connectivity index (χ0n) is 15.8. The Kier molecular flexibility index (Phi) is 4.31. The predicted molar refractivity (Wildman–Crippen MR) is 107 cm³/mol. The SMILES string of the molecule is Cc1cc(N2CCCC2c2ccc3c(c2)OCCO3)nc(-c2ccccn2)n1. The van der Waals surface area contributed by atoms with Gasteiger partial charge in [0.2, 0.25) is 0 Å². The number of pyridine rings is 1. The van der Waals surface area contributed by atoms with E-state index < -0.39 is 0 Å². The maximum absolute atomic E-state index is 5.78. The number of anilines is 1. The Morgan fingerprint density at radius 2 is 1.89 bits per heavy atom. The van der Waals surface area contributed by atoms with Gasteiger partial charge in [-0.25, -0.2) is 9.97 Å². The molecule has 0 radical (unpaired) electrons. The molecule has 2 aliphatic heterocycles. The third kappa shape index (κ3) is 3.15. The van der Waals surface area contributed by atoms with Crippen molar-refractivity contribution in [2.24, 2.45) is 0 Å². The minimum Gasteiger partial charge on any atom is -0.486 e. The Balaban J connectivity index is 1.50. The van der Waals surface area contributed by atoms with E-state index in [9.17, 15) is 0 Å². The minimum absolute atomic E-state index is 0.265. The molecule has 0 spiro atoms. The van der Waals surface area contributed by atoms with Crippen molar-refractivity contribution in [1.82, 2.24) is 15.0 Å². The Morgan fingerprint density at radius 1 is 1.00 bits per heavy atom. The summed E-state index contributed by atoms with van der Waals surface area (Å²) in [5.41, 5.74) is 2.97. The molecule has 1 aromatic carbocycles. The van der Waals surface area contributed by atoms with Gasteiger partial charge < -0.3 is 14.4 Å². The molecular formula is C22H22N4O2. The number of nitrogens with zero attached hydrogens (tertiary/aromatic N) is 4. The summed E-state index contributed by atoms with van der Waals surface area (Å²) in [5.74, 6) is 3.28. The fourth-order valence-electron chi connectivity index (χ4n) is 3.96. The molecule has 0 aliphatic carbocycles. The van der Waals surface area contributed by atoms with Crippen LogP contribution in [0, 0.1) is 6.92 Å². The van der Waals surface area contributed by atoms with Crippen LogP contribution in [0.3, 0.4) is 0 Å². The van der Waals surface area contributed by atoms with Crippen LogP contribution in [0.2, 0.25) is 0 Å². The highest BCUT2D eigenvalue weighted by Crippen LogP contribution is 2.40. The van der Waals surface area contributed by atoms with Crippen LogP contribution in [-0.2, 0) is 0 Å². The molecule has 142 valence electrons. The molecule has 6 nitrogen and oxygen atoms in total. The number of rotatable bonds is 3. The van der Waals surface area contributed by atoms with Gasteiger partial charge in [-0.15, -0.1) is 0 Å². The summed E-state index contributed by atoms with van der Waals surface area (Å²) in [7, 11) is 0. The van der Waals surface area contributed by atoms with Gasteiger partial charge in [0, 0.05) is 24.5 Å². The molecule has 1 saturated heterocycles. The Morgan fingerprint density at radius 3 is 2.75 bits per heavy atom. The second-order valence-electron chi connectivity index (χ2n) is 7.16. The first-order chi connectivity index (χ1) is 13.8. The molecule has 28 heavy (non-hydrogen) atoms. The van der Waals surface area contributed by atoms with Gasteiger partial charge in [-0.05, 0) is 49.6 Å². The van der Waals surface area contributed by atoms with Crippen molar-refractivity contribution in [2.45, 2.75) is 25.8 Å². The van der Waals surface area contributed by atoms with Gasteiger partial charge in [-0.1, -0.05) is 12.1 Å². The van der Waals surface area contributed by atoms with E-state index >= 15 is 0 Å². The quantitative estimate of drug-likeness (QED) is 0.692. The lowest BCUT2D eigenvalue weighted by molar-refractivity contribution is 0.171. The molecule has 1 atom stereocenters. The molecule has 0 N–H and O–H groups in total. The molecule has 0 bridgehead atoms. The number of hydrogen-bond acceptors (Lipinski definition) is 6. The molecule has 1 unspecified atom stereocenters. The number of hydrogen-bond donors (Lipinski definition) is 0. The van der Waals surface area contributed by atoms with Gasteiger partial charge in [0.15, 0.2) is 17.3 Å². The highest BCUT2D eigenvalue weighted by Gasteiger charge is 2.29. The molecular weight excluding hydrogens is 352 g/mol. The number of fused-ring (bicyclic) bond motifs is 1. The second-order valence-corrected chi connectivity index (χ2v) is 7.16. The van der Waals surface area contributed by atoms with Crippen molar-refractivity contribution < 1.29 is 9.47 Å². The van der Waals surface area contributed by atoms with Crippen molar-refractivity contribution in [3.8, 4) is 23.0 Å². The highest BCUT2D eigenvalue weighted by atomic mass is 16.6. The van der Waals surface area contributed by atoms with E-state index in [4.69, 9.17) is 14.5 Å². The molecule has 1 fully saturated rings. The lowest BCUT2D eigenvalue weighted by Gasteiger charge is -2.28. The largest absolute Gasteiger partial charge is 0.486 e. The fourth-order valence-corrected chi connectivity index (χ4v) is 3.96. The number of aryl methyl sites for hydroxylation is 1. The molecule has 5 rings (SSSR count).